The fourth-order valence-corrected chi connectivity index (χ4v) is 4.76. The number of hydrogen-bond acceptors (Lipinski definition) is 0. The fraction of sp³-hybridized carbons (Fsp3) is 0.214. The summed E-state index contributed by atoms with van der Waals surface area (Å²) in [4.78, 5) is 0. The lowest BCUT2D eigenvalue weighted by molar-refractivity contribution is 1.31. The maximum atomic E-state index is 3.82. The van der Waals surface area contributed by atoms with Crippen molar-refractivity contribution >= 4 is 10.8 Å². The van der Waals surface area contributed by atoms with E-state index in [9.17, 15) is 0 Å². The van der Waals surface area contributed by atoms with Crippen molar-refractivity contribution in [1.82, 2.24) is 0 Å². The average molecular weight is 364 g/mol. The molecule has 1 radical (unpaired) electrons. The molecule has 4 rings (SSSR count). The summed E-state index contributed by atoms with van der Waals surface area (Å²) in [6.07, 6.45) is 0. The minimum atomic E-state index is 1.18. The van der Waals surface area contributed by atoms with Crippen molar-refractivity contribution in [2.24, 2.45) is 0 Å². The molecule has 139 valence electrons. The molecular formula is C28H27. The van der Waals surface area contributed by atoms with Gasteiger partial charge in [0.25, 0.3) is 0 Å². The minimum absolute atomic E-state index is 1.18. The summed E-state index contributed by atoms with van der Waals surface area (Å²) in [6, 6.07) is 23.9. The smallest absolute Gasteiger partial charge is 0.000724 e. The summed E-state index contributed by atoms with van der Waals surface area (Å²) in [5.74, 6) is 0. The van der Waals surface area contributed by atoms with Gasteiger partial charge < -0.3 is 0 Å². The van der Waals surface area contributed by atoms with Gasteiger partial charge in [-0.15, -0.1) is 0 Å². The minimum Gasteiger partial charge on any atom is -0.0616 e. The highest BCUT2D eigenvalue weighted by Gasteiger charge is 2.15. The SMILES string of the molecule is Cc1cc(C)c(-c2[c]c(-c3c(C)cc(C)cc3C)c3ccccc3c2)c(C)c1. The van der Waals surface area contributed by atoms with Gasteiger partial charge >= 0.3 is 0 Å². The van der Waals surface area contributed by atoms with E-state index in [1.54, 1.807) is 0 Å². The number of aryl methyl sites for hydroxylation is 6. The Morgan fingerprint density at radius 2 is 1.07 bits per heavy atom. The van der Waals surface area contributed by atoms with E-state index in [4.69, 9.17) is 0 Å². The van der Waals surface area contributed by atoms with Crippen molar-refractivity contribution in [2.45, 2.75) is 41.5 Å². The molecular weight excluding hydrogens is 336 g/mol. The van der Waals surface area contributed by atoms with Crippen LogP contribution in [-0.2, 0) is 0 Å². The second-order valence-electron chi connectivity index (χ2n) is 8.19. The van der Waals surface area contributed by atoms with E-state index in [2.05, 4.69) is 102 Å². The summed E-state index contributed by atoms with van der Waals surface area (Å²) in [5.41, 5.74) is 12.9. The first kappa shape index (κ1) is 18.5. The van der Waals surface area contributed by atoms with Crippen molar-refractivity contribution in [3.63, 3.8) is 0 Å². The molecule has 0 fully saturated rings. The molecule has 0 aromatic heterocycles. The van der Waals surface area contributed by atoms with Crippen LogP contribution >= 0.6 is 0 Å². The van der Waals surface area contributed by atoms with Crippen LogP contribution in [0.4, 0.5) is 0 Å². The van der Waals surface area contributed by atoms with Gasteiger partial charge in [0.1, 0.15) is 0 Å². The van der Waals surface area contributed by atoms with Crippen LogP contribution in [0.1, 0.15) is 33.4 Å². The van der Waals surface area contributed by atoms with E-state index >= 15 is 0 Å². The number of fused-ring (bicyclic) bond motifs is 1. The molecule has 0 aliphatic carbocycles. The van der Waals surface area contributed by atoms with Crippen LogP contribution in [0, 0.1) is 47.6 Å². The molecule has 4 aromatic rings. The lowest BCUT2D eigenvalue weighted by atomic mass is 9.86. The monoisotopic (exact) mass is 363 g/mol. The zero-order valence-electron chi connectivity index (χ0n) is 17.7. The first-order valence-electron chi connectivity index (χ1n) is 9.96. The highest BCUT2D eigenvalue weighted by Crippen LogP contribution is 2.38. The van der Waals surface area contributed by atoms with E-state index in [1.807, 2.05) is 0 Å². The van der Waals surface area contributed by atoms with E-state index in [0.29, 0.717) is 0 Å². The van der Waals surface area contributed by atoms with Crippen molar-refractivity contribution < 1.29 is 0 Å². The summed E-state index contributed by atoms with van der Waals surface area (Å²) in [7, 11) is 0. The van der Waals surface area contributed by atoms with Gasteiger partial charge in [-0.1, -0.05) is 59.7 Å². The number of rotatable bonds is 2. The van der Waals surface area contributed by atoms with E-state index in [0.717, 1.165) is 0 Å². The largest absolute Gasteiger partial charge is 0.0616 e. The van der Waals surface area contributed by atoms with Crippen molar-refractivity contribution in [3.8, 4) is 22.3 Å². The fourth-order valence-electron chi connectivity index (χ4n) is 4.76. The van der Waals surface area contributed by atoms with Gasteiger partial charge in [0.05, 0.1) is 0 Å². The predicted octanol–water partition coefficient (Wildman–Crippen LogP) is 7.82. The Morgan fingerprint density at radius 1 is 0.571 bits per heavy atom. The standard InChI is InChI=1S/C28H27/c1-17-11-19(3)27(20(4)12-17)24-15-23-9-7-8-10-25(23)26(16-24)28-21(5)13-18(2)14-22(28)6/h7-15H,1-6H3. The Morgan fingerprint density at radius 3 is 1.64 bits per heavy atom. The first-order valence-corrected chi connectivity index (χ1v) is 9.96. The van der Waals surface area contributed by atoms with Gasteiger partial charge in [0.15, 0.2) is 0 Å². The van der Waals surface area contributed by atoms with Gasteiger partial charge in [-0.25, -0.2) is 0 Å². The normalized spacial score (nSPS) is 11.2. The molecule has 0 N–H and O–H groups in total. The average Bonchev–Trinajstić information content (AvgIpc) is 2.60. The van der Waals surface area contributed by atoms with E-state index in [1.165, 1.54) is 66.4 Å². The molecule has 0 heteroatoms. The highest BCUT2D eigenvalue weighted by molar-refractivity contribution is 6.01. The Hall–Kier alpha value is -2.86. The summed E-state index contributed by atoms with van der Waals surface area (Å²) in [6.45, 7) is 13.2. The van der Waals surface area contributed by atoms with Gasteiger partial charge in [-0.3, -0.25) is 0 Å². The molecule has 0 nitrogen and oxygen atoms in total. The van der Waals surface area contributed by atoms with E-state index in [-0.39, 0.29) is 0 Å². The Kier molecular flexibility index (Phi) is 4.59. The predicted molar refractivity (Wildman–Crippen MR) is 122 cm³/mol. The molecule has 0 amide bonds. The van der Waals surface area contributed by atoms with Crippen LogP contribution in [0.25, 0.3) is 33.0 Å². The van der Waals surface area contributed by atoms with Crippen LogP contribution in [0.5, 0.6) is 0 Å². The van der Waals surface area contributed by atoms with Crippen LogP contribution in [0.2, 0.25) is 0 Å². The molecule has 0 heterocycles. The van der Waals surface area contributed by atoms with Gasteiger partial charge in [0.2, 0.25) is 0 Å². The third-order valence-corrected chi connectivity index (χ3v) is 5.66. The first-order chi connectivity index (χ1) is 13.3. The molecule has 0 spiro atoms. The second kappa shape index (κ2) is 6.95. The van der Waals surface area contributed by atoms with Gasteiger partial charge in [0, 0.05) is 0 Å². The Labute approximate surface area is 168 Å². The van der Waals surface area contributed by atoms with Crippen molar-refractivity contribution in [2.75, 3.05) is 0 Å². The molecule has 0 unspecified atom stereocenters. The lowest BCUT2D eigenvalue weighted by Crippen LogP contribution is -1.95. The second-order valence-corrected chi connectivity index (χ2v) is 8.19. The molecule has 28 heavy (non-hydrogen) atoms. The van der Waals surface area contributed by atoms with E-state index < -0.39 is 0 Å². The van der Waals surface area contributed by atoms with Crippen LogP contribution < -0.4 is 0 Å². The molecule has 0 saturated carbocycles. The number of benzene rings is 4. The van der Waals surface area contributed by atoms with Crippen LogP contribution in [0.15, 0.2) is 54.6 Å². The molecule has 0 saturated heterocycles. The highest BCUT2D eigenvalue weighted by atomic mass is 14.2. The maximum absolute atomic E-state index is 3.82. The molecule has 0 aliphatic heterocycles. The quantitative estimate of drug-likeness (QED) is 0.340. The molecule has 0 aliphatic rings. The lowest BCUT2D eigenvalue weighted by Gasteiger charge is -2.18. The van der Waals surface area contributed by atoms with Crippen molar-refractivity contribution in [1.29, 1.82) is 0 Å². The summed E-state index contributed by atoms with van der Waals surface area (Å²) in [5, 5.41) is 2.54. The summed E-state index contributed by atoms with van der Waals surface area (Å²) < 4.78 is 0. The molecule has 4 aromatic carbocycles. The molecule has 0 atom stereocenters. The summed E-state index contributed by atoms with van der Waals surface area (Å²) >= 11 is 0. The third kappa shape index (κ3) is 3.14. The molecule has 0 bridgehead atoms. The van der Waals surface area contributed by atoms with Crippen molar-refractivity contribution in [3.05, 3.63) is 94.0 Å². The van der Waals surface area contributed by atoms with Gasteiger partial charge in [-0.05, 0) is 109 Å². The van der Waals surface area contributed by atoms with Crippen LogP contribution in [-0.4, -0.2) is 0 Å². The number of hydrogen-bond donors (Lipinski definition) is 0. The topological polar surface area (TPSA) is 0 Å². The van der Waals surface area contributed by atoms with Gasteiger partial charge in [-0.2, -0.15) is 0 Å². The third-order valence-electron chi connectivity index (χ3n) is 5.66. The Bertz CT molecular complexity index is 1160. The Balaban J connectivity index is 2.09. The zero-order valence-corrected chi connectivity index (χ0v) is 17.7. The zero-order chi connectivity index (χ0) is 20.0. The maximum Gasteiger partial charge on any atom is -0.000724 e. The van der Waals surface area contributed by atoms with Crippen LogP contribution in [0.3, 0.4) is 0 Å².